The van der Waals surface area contributed by atoms with E-state index in [1.807, 2.05) is 35.8 Å². The van der Waals surface area contributed by atoms with Crippen molar-refractivity contribution in [2.24, 2.45) is 5.73 Å². The first-order valence-electron chi connectivity index (χ1n) is 9.61. The van der Waals surface area contributed by atoms with E-state index in [2.05, 4.69) is 15.6 Å². The molecular formula is C23H20N4O3S. The second-order valence-corrected chi connectivity index (χ2v) is 7.95. The molecular weight excluding hydrogens is 412 g/mol. The number of aromatic nitrogens is 1. The monoisotopic (exact) mass is 432 g/mol. The first kappa shape index (κ1) is 20.4. The van der Waals surface area contributed by atoms with Gasteiger partial charge in [-0.1, -0.05) is 24.3 Å². The van der Waals surface area contributed by atoms with Gasteiger partial charge in [-0.05, 0) is 47.3 Å². The van der Waals surface area contributed by atoms with Crippen LogP contribution < -0.4 is 16.4 Å². The summed E-state index contributed by atoms with van der Waals surface area (Å²) in [4.78, 5) is 40.7. The fourth-order valence-electron chi connectivity index (χ4n) is 3.31. The van der Waals surface area contributed by atoms with Crippen LogP contribution in [0.3, 0.4) is 0 Å². The highest BCUT2D eigenvalue weighted by atomic mass is 32.1. The number of carbonyl (C=O) groups is 3. The summed E-state index contributed by atoms with van der Waals surface area (Å²) in [6.07, 6.45) is 2.16. The number of para-hydroxylation sites is 1. The number of carbonyl (C=O) groups excluding carboxylic acids is 3. The Balaban J connectivity index is 1.57. The molecule has 0 saturated carbocycles. The van der Waals surface area contributed by atoms with Crippen molar-refractivity contribution in [3.8, 4) is 0 Å². The minimum Gasteiger partial charge on any atom is -0.366 e. The van der Waals surface area contributed by atoms with E-state index in [9.17, 15) is 14.4 Å². The number of nitrogens with one attached hydrogen (secondary N) is 3. The summed E-state index contributed by atoms with van der Waals surface area (Å²) < 4.78 is 0. The molecule has 0 aliphatic heterocycles. The van der Waals surface area contributed by atoms with Crippen molar-refractivity contribution in [2.45, 2.75) is 12.5 Å². The molecule has 0 aliphatic carbocycles. The zero-order valence-electron chi connectivity index (χ0n) is 16.4. The van der Waals surface area contributed by atoms with Gasteiger partial charge >= 0.3 is 0 Å². The third-order valence-corrected chi connectivity index (χ3v) is 5.77. The summed E-state index contributed by atoms with van der Waals surface area (Å²) in [6.45, 7) is 0. The van der Waals surface area contributed by atoms with Gasteiger partial charge in [0.1, 0.15) is 6.04 Å². The Labute approximate surface area is 182 Å². The topological polar surface area (TPSA) is 117 Å². The van der Waals surface area contributed by atoms with Crippen LogP contribution in [0.1, 0.15) is 25.6 Å². The molecule has 4 rings (SSSR count). The van der Waals surface area contributed by atoms with E-state index in [-0.39, 0.29) is 11.8 Å². The van der Waals surface area contributed by atoms with Crippen LogP contribution in [0.4, 0.5) is 5.69 Å². The second kappa shape index (κ2) is 8.85. The number of H-pyrrole nitrogens is 1. The summed E-state index contributed by atoms with van der Waals surface area (Å²) in [5, 5.41) is 8.46. The fourth-order valence-corrected chi connectivity index (χ4v) is 3.94. The minimum atomic E-state index is -0.801. The maximum Gasteiger partial charge on any atom is 0.262 e. The number of nitrogens with two attached hydrogens (primary N) is 1. The fraction of sp³-hybridized carbons (Fsp3) is 0.0870. The quantitative estimate of drug-likeness (QED) is 0.359. The lowest BCUT2D eigenvalue weighted by Gasteiger charge is -2.18. The number of amides is 3. The Morgan fingerprint density at radius 3 is 2.48 bits per heavy atom. The van der Waals surface area contributed by atoms with Crippen molar-refractivity contribution in [1.82, 2.24) is 10.3 Å². The molecule has 1 atom stereocenters. The second-order valence-electron chi connectivity index (χ2n) is 7.00. The lowest BCUT2D eigenvalue weighted by molar-refractivity contribution is -0.118. The zero-order chi connectivity index (χ0) is 21.8. The molecule has 2 aromatic carbocycles. The van der Waals surface area contributed by atoms with Gasteiger partial charge in [0.05, 0.1) is 4.88 Å². The minimum absolute atomic E-state index is 0.306. The molecule has 2 heterocycles. The smallest absolute Gasteiger partial charge is 0.262 e. The van der Waals surface area contributed by atoms with Crippen molar-refractivity contribution in [3.63, 3.8) is 0 Å². The van der Waals surface area contributed by atoms with Gasteiger partial charge in [0.2, 0.25) is 11.8 Å². The number of aromatic amines is 1. The zero-order valence-corrected chi connectivity index (χ0v) is 17.2. The molecule has 8 heteroatoms. The molecule has 5 N–H and O–H groups in total. The summed E-state index contributed by atoms with van der Waals surface area (Å²) >= 11 is 1.31. The van der Waals surface area contributed by atoms with Crippen LogP contribution in [0.2, 0.25) is 0 Å². The molecule has 3 amide bonds. The van der Waals surface area contributed by atoms with Crippen molar-refractivity contribution in [2.75, 3.05) is 5.32 Å². The largest absolute Gasteiger partial charge is 0.366 e. The van der Waals surface area contributed by atoms with Crippen LogP contribution >= 0.6 is 11.3 Å². The molecule has 0 spiro atoms. The van der Waals surface area contributed by atoms with Crippen LogP contribution in [0.5, 0.6) is 0 Å². The first-order valence-corrected chi connectivity index (χ1v) is 10.5. The summed E-state index contributed by atoms with van der Waals surface area (Å²) in [5.74, 6) is -1.21. The Morgan fingerprint density at radius 1 is 1.00 bits per heavy atom. The van der Waals surface area contributed by atoms with E-state index in [1.165, 1.54) is 23.5 Å². The highest BCUT2D eigenvalue weighted by Crippen LogP contribution is 2.20. The van der Waals surface area contributed by atoms with Crippen molar-refractivity contribution < 1.29 is 14.4 Å². The molecule has 0 fully saturated rings. The summed E-state index contributed by atoms with van der Waals surface area (Å²) in [5.41, 5.74) is 7.99. The SMILES string of the molecule is NC(=O)c1ccc(NC(=O)[C@H](Cc2c[nH]c3ccccc23)NC(=O)c2cccs2)cc1. The van der Waals surface area contributed by atoms with Crippen LogP contribution in [-0.4, -0.2) is 28.7 Å². The number of thiophene rings is 1. The van der Waals surface area contributed by atoms with Gasteiger partial charge in [-0.3, -0.25) is 14.4 Å². The molecule has 4 aromatic rings. The third-order valence-electron chi connectivity index (χ3n) is 4.90. The number of benzene rings is 2. The number of hydrogen-bond acceptors (Lipinski definition) is 4. The predicted molar refractivity (Wildman–Crippen MR) is 121 cm³/mol. The maximum atomic E-state index is 13.1. The molecule has 0 radical (unpaired) electrons. The van der Waals surface area contributed by atoms with E-state index >= 15 is 0 Å². The van der Waals surface area contributed by atoms with Gasteiger partial charge in [-0.15, -0.1) is 11.3 Å². The maximum absolute atomic E-state index is 13.1. The van der Waals surface area contributed by atoms with Gasteiger partial charge in [-0.2, -0.15) is 0 Å². The highest BCUT2D eigenvalue weighted by molar-refractivity contribution is 7.12. The molecule has 31 heavy (non-hydrogen) atoms. The molecule has 0 saturated heterocycles. The van der Waals surface area contributed by atoms with Gasteiger partial charge in [0.25, 0.3) is 5.91 Å². The van der Waals surface area contributed by atoms with Crippen LogP contribution in [0.15, 0.2) is 72.2 Å². The molecule has 2 aromatic heterocycles. The van der Waals surface area contributed by atoms with Gasteiger partial charge in [0, 0.05) is 34.8 Å². The standard InChI is InChI=1S/C23H20N4O3S/c24-21(28)14-7-9-16(10-8-14)26-22(29)19(27-23(30)20-6-3-11-31-20)12-15-13-25-18-5-2-1-4-17(15)18/h1-11,13,19,25H,12H2,(H2,24,28)(H,26,29)(H,27,30)/t19-/m0/s1. The Morgan fingerprint density at radius 2 is 1.77 bits per heavy atom. The van der Waals surface area contributed by atoms with Gasteiger partial charge < -0.3 is 21.4 Å². The number of fused-ring (bicyclic) bond motifs is 1. The molecule has 0 unspecified atom stereocenters. The predicted octanol–water partition coefficient (Wildman–Crippen LogP) is 3.31. The molecule has 0 aliphatic rings. The number of anilines is 1. The van der Waals surface area contributed by atoms with Crippen molar-refractivity contribution in [3.05, 3.63) is 88.2 Å². The molecule has 0 bridgehead atoms. The summed E-state index contributed by atoms with van der Waals surface area (Å²) in [6, 6.07) is 16.8. The number of hydrogen-bond donors (Lipinski definition) is 4. The van der Waals surface area contributed by atoms with Gasteiger partial charge in [0.15, 0.2) is 0 Å². The Kier molecular flexibility index (Phi) is 5.81. The van der Waals surface area contributed by atoms with Crippen molar-refractivity contribution in [1.29, 1.82) is 0 Å². The van der Waals surface area contributed by atoms with E-state index in [0.717, 1.165) is 16.5 Å². The van der Waals surface area contributed by atoms with Crippen LogP contribution in [0, 0.1) is 0 Å². The van der Waals surface area contributed by atoms with E-state index < -0.39 is 11.9 Å². The molecule has 7 nitrogen and oxygen atoms in total. The van der Waals surface area contributed by atoms with Crippen LogP contribution in [0.25, 0.3) is 10.9 Å². The lowest BCUT2D eigenvalue weighted by atomic mass is 10.0. The lowest BCUT2D eigenvalue weighted by Crippen LogP contribution is -2.45. The third kappa shape index (κ3) is 4.65. The summed E-state index contributed by atoms with van der Waals surface area (Å²) in [7, 11) is 0. The first-order chi connectivity index (χ1) is 15.0. The van der Waals surface area contributed by atoms with Gasteiger partial charge in [-0.25, -0.2) is 0 Å². The van der Waals surface area contributed by atoms with E-state index in [1.54, 1.807) is 24.3 Å². The van der Waals surface area contributed by atoms with Crippen molar-refractivity contribution >= 4 is 45.6 Å². The van der Waals surface area contributed by atoms with Crippen LogP contribution in [-0.2, 0) is 11.2 Å². The highest BCUT2D eigenvalue weighted by Gasteiger charge is 2.24. The average Bonchev–Trinajstić information content (AvgIpc) is 3.44. The number of rotatable bonds is 7. The Bertz CT molecular complexity index is 1230. The number of primary amides is 1. The van der Waals surface area contributed by atoms with E-state index in [0.29, 0.717) is 22.5 Å². The van der Waals surface area contributed by atoms with E-state index in [4.69, 9.17) is 5.73 Å². The molecule has 156 valence electrons. The average molecular weight is 433 g/mol. The normalized spacial score (nSPS) is 11.7. The Hall–Kier alpha value is -3.91.